The Morgan fingerprint density at radius 1 is 1.48 bits per heavy atom. The normalized spacial score (nSPS) is 20.5. The molecule has 107 valence electrons. The van der Waals surface area contributed by atoms with Crippen LogP contribution in [0.5, 0.6) is 0 Å². The number of primary amides is 1. The van der Waals surface area contributed by atoms with Gasteiger partial charge in [-0.1, -0.05) is 24.3 Å². The lowest BCUT2D eigenvalue weighted by Gasteiger charge is -2.28. The lowest BCUT2D eigenvalue weighted by atomic mass is 9.96. The van der Waals surface area contributed by atoms with Crippen molar-refractivity contribution < 1.29 is 4.79 Å². The molecule has 1 radical (unpaired) electrons. The van der Waals surface area contributed by atoms with Gasteiger partial charge in [0.2, 0.25) is 5.91 Å². The summed E-state index contributed by atoms with van der Waals surface area (Å²) >= 11 is 0. The monoisotopic (exact) mass is 280 g/mol. The average Bonchev–Trinajstić information content (AvgIpc) is 2.88. The predicted molar refractivity (Wildman–Crippen MR) is 80.4 cm³/mol. The molecule has 0 spiro atoms. The van der Waals surface area contributed by atoms with Crippen LogP contribution in [0.15, 0.2) is 42.6 Å². The number of amides is 1. The number of nitrogens with two attached hydrogens (primary N) is 1. The highest BCUT2D eigenvalue weighted by atomic mass is 16.1. The van der Waals surface area contributed by atoms with E-state index in [2.05, 4.69) is 16.0 Å². The summed E-state index contributed by atoms with van der Waals surface area (Å²) in [6, 6.07) is 14.8. The maximum absolute atomic E-state index is 11.9. The predicted octanol–water partition coefficient (Wildman–Crippen LogP) is 1.51. The van der Waals surface area contributed by atoms with Crippen LogP contribution in [-0.2, 0) is 17.8 Å². The van der Waals surface area contributed by atoms with Crippen LogP contribution in [0.4, 0.5) is 0 Å². The van der Waals surface area contributed by atoms with Crippen LogP contribution in [0.1, 0.15) is 22.7 Å². The minimum atomic E-state index is -0.266. The Bertz CT molecular complexity index is 641. The summed E-state index contributed by atoms with van der Waals surface area (Å²) in [5.41, 5.74) is 8.84. The Balaban J connectivity index is 1.84. The van der Waals surface area contributed by atoms with Crippen molar-refractivity contribution in [1.29, 1.82) is 0 Å². The van der Waals surface area contributed by atoms with Gasteiger partial charge in [-0.05, 0) is 42.8 Å². The van der Waals surface area contributed by atoms with Crippen LogP contribution in [0.3, 0.4) is 0 Å². The van der Waals surface area contributed by atoms with Gasteiger partial charge in [-0.25, -0.2) is 0 Å². The van der Waals surface area contributed by atoms with E-state index in [0.29, 0.717) is 6.54 Å². The summed E-state index contributed by atoms with van der Waals surface area (Å²) in [5, 5.41) is 0. The first-order valence-electron chi connectivity index (χ1n) is 7.05. The van der Waals surface area contributed by atoms with Crippen LogP contribution >= 0.6 is 0 Å². The minimum Gasteiger partial charge on any atom is -0.369 e. The highest BCUT2D eigenvalue weighted by molar-refractivity contribution is 5.84. The number of carbonyl (C=O) groups is 1. The second-order valence-corrected chi connectivity index (χ2v) is 5.51. The van der Waals surface area contributed by atoms with Gasteiger partial charge >= 0.3 is 0 Å². The number of hydrogen-bond acceptors (Lipinski definition) is 3. The smallest absolute Gasteiger partial charge is 0.226 e. The van der Waals surface area contributed by atoms with E-state index in [-0.39, 0.29) is 17.9 Å². The van der Waals surface area contributed by atoms with E-state index >= 15 is 0 Å². The maximum atomic E-state index is 11.9. The third kappa shape index (κ3) is 2.67. The molecule has 0 saturated heterocycles. The van der Waals surface area contributed by atoms with E-state index < -0.39 is 0 Å². The second-order valence-electron chi connectivity index (χ2n) is 5.51. The summed E-state index contributed by atoms with van der Waals surface area (Å²) in [6.45, 7) is 0.701. The molecule has 4 heteroatoms. The molecular formula is C17H18N3O. The van der Waals surface area contributed by atoms with E-state index in [9.17, 15) is 4.79 Å². The number of rotatable bonds is 4. The average molecular weight is 280 g/mol. The largest absolute Gasteiger partial charge is 0.369 e. The van der Waals surface area contributed by atoms with Crippen molar-refractivity contribution in [3.05, 3.63) is 65.5 Å². The molecule has 1 aliphatic rings. The minimum absolute atomic E-state index is 0.0790. The van der Waals surface area contributed by atoms with Gasteiger partial charge in [-0.15, -0.1) is 0 Å². The van der Waals surface area contributed by atoms with Crippen molar-refractivity contribution in [3.63, 3.8) is 0 Å². The Hall–Kier alpha value is -2.20. The van der Waals surface area contributed by atoms with Crippen LogP contribution in [-0.4, -0.2) is 28.9 Å². The molecule has 3 rings (SSSR count). The maximum Gasteiger partial charge on any atom is 0.226 e. The van der Waals surface area contributed by atoms with Crippen LogP contribution in [0, 0.1) is 6.07 Å². The fourth-order valence-electron chi connectivity index (χ4n) is 3.13. The first-order valence-corrected chi connectivity index (χ1v) is 7.05. The number of likely N-dealkylation sites (N-methyl/N-ethyl adjacent to an activating group) is 1. The van der Waals surface area contributed by atoms with Crippen molar-refractivity contribution in [3.8, 4) is 0 Å². The molecule has 21 heavy (non-hydrogen) atoms. The van der Waals surface area contributed by atoms with E-state index in [1.165, 1.54) is 5.56 Å². The molecule has 1 amide bonds. The molecule has 0 bridgehead atoms. The number of fused-ring (bicyclic) bond motifs is 1. The Labute approximate surface area is 124 Å². The van der Waals surface area contributed by atoms with Gasteiger partial charge < -0.3 is 5.73 Å². The van der Waals surface area contributed by atoms with Gasteiger partial charge in [0.1, 0.15) is 0 Å². The third-order valence-corrected chi connectivity index (χ3v) is 4.15. The summed E-state index contributed by atoms with van der Waals surface area (Å²) in [4.78, 5) is 18.4. The SMILES string of the molecule is CN(Cc1ccccn1)C1Cc2c[c]ccc2C1C(N)=O. The lowest BCUT2D eigenvalue weighted by molar-refractivity contribution is -0.120. The van der Waals surface area contributed by atoms with Gasteiger partial charge in [0, 0.05) is 18.8 Å². The standard InChI is InChI=1S/C17H18N3O/c1-20(11-13-7-4-5-9-19-13)15-10-12-6-2-3-8-14(12)16(15)17(18)21/h3-9,15-16H,10-11H2,1H3,(H2,18,21). The van der Waals surface area contributed by atoms with E-state index in [1.54, 1.807) is 6.20 Å². The molecule has 2 N–H and O–H groups in total. The summed E-state index contributed by atoms with van der Waals surface area (Å²) in [5.74, 6) is -0.527. The van der Waals surface area contributed by atoms with Crippen LogP contribution in [0.25, 0.3) is 0 Å². The van der Waals surface area contributed by atoms with Gasteiger partial charge in [0.05, 0.1) is 11.6 Å². The Morgan fingerprint density at radius 2 is 2.33 bits per heavy atom. The quantitative estimate of drug-likeness (QED) is 0.923. The number of hydrogen-bond donors (Lipinski definition) is 1. The van der Waals surface area contributed by atoms with Gasteiger partial charge in [0.15, 0.2) is 0 Å². The Morgan fingerprint density at radius 3 is 3.05 bits per heavy atom. The molecule has 2 aromatic rings. The first-order chi connectivity index (χ1) is 10.2. The van der Waals surface area contributed by atoms with E-state index in [4.69, 9.17) is 5.73 Å². The molecule has 2 unspecified atom stereocenters. The van der Waals surface area contributed by atoms with Gasteiger partial charge in [0.25, 0.3) is 0 Å². The van der Waals surface area contributed by atoms with Crippen molar-refractivity contribution in [2.45, 2.75) is 24.9 Å². The molecule has 1 heterocycles. The lowest BCUT2D eigenvalue weighted by Crippen LogP contribution is -2.40. The second kappa shape index (κ2) is 5.66. The molecule has 2 atom stereocenters. The molecule has 0 fully saturated rings. The van der Waals surface area contributed by atoms with Crippen molar-refractivity contribution in [2.75, 3.05) is 7.05 Å². The Kier molecular flexibility index (Phi) is 3.71. The van der Waals surface area contributed by atoms with Crippen molar-refractivity contribution in [2.24, 2.45) is 5.73 Å². The zero-order valence-electron chi connectivity index (χ0n) is 12.0. The molecule has 1 aromatic heterocycles. The zero-order valence-corrected chi connectivity index (χ0v) is 12.0. The number of nitrogens with zero attached hydrogens (tertiary/aromatic N) is 2. The number of aromatic nitrogens is 1. The highest BCUT2D eigenvalue weighted by Gasteiger charge is 2.38. The third-order valence-electron chi connectivity index (χ3n) is 4.15. The topological polar surface area (TPSA) is 59.2 Å². The summed E-state index contributed by atoms with van der Waals surface area (Å²) in [6.07, 6.45) is 2.61. The van der Waals surface area contributed by atoms with E-state index in [0.717, 1.165) is 17.7 Å². The fraction of sp³-hybridized carbons (Fsp3) is 0.294. The molecule has 1 aliphatic carbocycles. The molecular weight excluding hydrogens is 262 g/mol. The molecule has 0 aliphatic heterocycles. The summed E-state index contributed by atoms with van der Waals surface area (Å²) < 4.78 is 0. The fourth-order valence-corrected chi connectivity index (χ4v) is 3.13. The number of carbonyl (C=O) groups excluding carboxylic acids is 1. The number of benzene rings is 1. The van der Waals surface area contributed by atoms with Crippen molar-refractivity contribution >= 4 is 5.91 Å². The molecule has 4 nitrogen and oxygen atoms in total. The molecule has 1 aromatic carbocycles. The molecule has 0 saturated carbocycles. The van der Waals surface area contributed by atoms with Gasteiger partial charge in [-0.3, -0.25) is 14.7 Å². The summed E-state index contributed by atoms with van der Waals surface area (Å²) in [7, 11) is 2.02. The van der Waals surface area contributed by atoms with Crippen molar-refractivity contribution in [1.82, 2.24) is 9.88 Å². The van der Waals surface area contributed by atoms with Gasteiger partial charge in [-0.2, -0.15) is 0 Å². The van der Waals surface area contributed by atoms with Crippen LogP contribution < -0.4 is 5.73 Å². The zero-order chi connectivity index (χ0) is 14.8. The number of pyridine rings is 1. The highest BCUT2D eigenvalue weighted by Crippen LogP contribution is 2.35. The van der Waals surface area contributed by atoms with E-state index in [1.807, 2.05) is 43.4 Å². The first kappa shape index (κ1) is 13.8. The van der Waals surface area contributed by atoms with Crippen LogP contribution in [0.2, 0.25) is 0 Å².